The number of carbonyl (C=O) groups excluding carboxylic acids is 2. The van der Waals surface area contributed by atoms with Crippen LogP contribution in [0.5, 0.6) is 11.5 Å². The van der Waals surface area contributed by atoms with Crippen LogP contribution in [0.3, 0.4) is 0 Å². The molecule has 0 saturated carbocycles. The average molecular weight is 476 g/mol. The molecule has 1 N–H and O–H groups in total. The number of halogens is 2. The van der Waals surface area contributed by atoms with Crippen molar-refractivity contribution in [1.29, 1.82) is 0 Å². The van der Waals surface area contributed by atoms with Crippen LogP contribution in [0.15, 0.2) is 36.0 Å². The molecule has 2 heterocycles. The molecule has 2 aromatic carbocycles. The molecular weight excluding hydrogens is 453 g/mol. The predicted molar refractivity (Wildman–Crippen MR) is 125 cm³/mol. The molecule has 2 aliphatic rings. The Morgan fingerprint density at radius 2 is 1.75 bits per heavy atom. The highest BCUT2D eigenvalue weighted by Gasteiger charge is 2.34. The van der Waals surface area contributed by atoms with Crippen molar-refractivity contribution < 1.29 is 19.1 Å². The van der Waals surface area contributed by atoms with Gasteiger partial charge < -0.3 is 19.7 Å². The average Bonchev–Trinajstić information content (AvgIpc) is 3.39. The van der Waals surface area contributed by atoms with Gasteiger partial charge in [0.1, 0.15) is 17.2 Å². The molecule has 0 aliphatic carbocycles. The predicted octanol–water partition coefficient (Wildman–Crippen LogP) is 4.70. The first-order valence-electron chi connectivity index (χ1n) is 10.2. The molecule has 0 spiro atoms. The maximum absolute atomic E-state index is 13.0. The number of hydrogen-bond acceptors (Lipinski definition) is 5. The Morgan fingerprint density at radius 3 is 2.41 bits per heavy atom. The molecule has 0 unspecified atom stereocenters. The van der Waals surface area contributed by atoms with Gasteiger partial charge in [0.15, 0.2) is 0 Å². The maximum atomic E-state index is 13.0. The van der Waals surface area contributed by atoms with Gasteiger partial charge >= 0.3 is 6.03 Å². The number of methoxy groups -OCH3 is 2. The highest BCUT2D eigenvalue weighted by atomic mass is 35.5. The molecule has 7 nitrogen and oxygen atoms in total. The monoisotopic (exact) mass is 475 g/mol. The summed E-state index contributed by atoms with van der Waals surface area (Å²) in [4.78, 5) is 28.8. The van der Waals surface area contributed by atoms with Crippen LogP contribution in [-0.4, -0.2) is 44.1 Å². The second-order valence-electron chi connectivity index (χ2n) is 7.58. The molecule has 3 amide bonds. The van der Waals surface area contributed by atoms with E-state index < -0.39 is 11.9 Å². The fraction of sp³-hybridized carbons (Fsp3) is 0.304. The van der Waals surface area contributed by atoms with Crippen LogP contribution in [0.1, 0.15) is 24.0 Å². The topological polar surface area (TPSA) is 71.1 Å². The number of urea groups is 1. The van der Waals surface area contributed by atoms with Crippen molar-refractivity contribution in [3.8, 4) is 11.5 Å². The van der Waals surface area contributed by atoms with E-state index in [9.17, 15) is 9.59 Å². The van der Waals surface area contributed by atoms with Crippen LogP contribution in [0.25, 0.3) is 6.08 Å². The molecule has 2 fully saturated rings. The van der Waals surface area contributed by atoms with E-state index >= 15 is 0 Å². The van der Waals surface area contributed by atoms with E-state index in [4.69, 9.17) is 32.7 Å². The summed E-state index contributed by atoms with van der Waals surface area (Å²) in [5, 5.41) is 3.50. The van der Waals surface area contributed by atoms with Crippen molar-refractivity contribution in [1.82, 2.24) is 10.2 Å². The first-order chi connectivity index (χ1) is 15.4. The molecule has 0 aromatic heterocycles. The fourth-order valence-corrected chi connectivity index (χ4v) is 4.38. The van der Waals surface area contributed by atoms with Crippen molar-refractivity contribution in [3.63, 3.8) is 0 Å². The maximum Gasteiger partial charge on any atom is 0.329 e. The molecule has 2 saturated heterocycles. The minimum atomic E-state index is -0.521. The third-order valence-corrected chi connectivity index (χ3v) is 6.17. The van der Waals surface area contributed by atoms with Crippen molar-refractivity contribution in [3.05, 3.63) is 57.2 Å². The van der Waals surface area contributed by atoms with Crippen LogP contribution < -0.4 is 19.7 Å². The molecular formula is C23H23Cl2N3O4. The highest BCUT2D eigenvalue weighted by molar-refractivity contribution is 6.35. The summed E-state index contributed by atoms with van der Waals surface area (Å²) in [5.74, 6) is 0.813. The van der Waals surface area contributed by atoms with Gasteiger partial charge in [0.05, 0.1) is 26.5 Å². The number of anilines is 1. The van der Waals surface area contributed by atoms with E-state index in [-0.39, 0.29) is 12.2 Å². The summed E-state index contributed by atoms with van der Waals surface area (Å²) >= 11 is 12.1. The van der Waals surface area contributed by atoms with Crippen LogP contribution in [0.4, 0.5) is 10.5 Å². The van der Waals surface area contributed by atoms with Crippen molar-refractivity contribution in [2.24, 2.45) is 0 Å². The molecule has 168 valence electrons. The van der Waals surface area contributed by atoms with Gasteiger partial charge in [-0.05, 0) is 42.7 Å². The summed E-state index contributed by atoms with van der Waals surface area (Å²) in [6, 6.07) is 8.13. The molecule has 2 aromatic rings. The van der Waals surface area contributed by atoms with Crippen LogP contribution >= 0.6 is 23.2 Å². The second kappa shape index (κ2) is 9.30. The number of nitrogens with one attached hydrogen (secondary N) is 1. The molecule has 0 atom stereocenters. The standard InChI is InChI=1S/C23H23Cl2N3O4/c1-31-20-12-19(27-7-3-4-8-27)21(32-2)10-15(20)9-18-22(29)28(23(30)26-18)13-14-5-6-16(24)11-17(14)25/h5-6,9-12H,3-4,7-8,13H2,1-2H3,(H,26,30)/b18-9+. The van der Waals surface area contributed by atoms with E-state index in [0.29, 0.717) is 32.7 Å². The second-order valence-corrected chi connectivity index (χ2v) is 8.42. The molecule has 32 heavy (non-hydrogen) atoms. The zero-order valence-electron chi connectivity index (χ0n) is 17.8. The normalized spacial score (nSPS) is 17.3. The third-order valence-electron chi connectivity index (χ3n) is 5.58. The quantitative estimate of drug-likeness (QED) is 0.484. The van der Waals surface area contributed by atoms with Crippen LogP contribution in [0, 0.1) is 0 Å². The Labute approximate surface area is 196 Å². The van der Waals surface area contributed by atoms with Crippen molar-refractivity contribution >= 4 is 46.9 Å². The summed E-state index contributed by atoms with van der Waals surface area (Å²) < 4.78 is 11.2. The van der Waals surface area contributed by atoms with Gasteiger partial charge in [0, 0.05) is 34.8 Å². The number of rotatable bonds is 6. The van der Waals surface area contributed by atoms with Gasteiger partial charge in [-0.15, -0.1) is 0 Å². The zero-order chi connectivity index (χ0) is 22.8. The first kappa shape index (κ1) is 22.3. The van der Waals surface area contributed by atoms with Gasteiger partial charge in [-0.1, -0.05) is 29.3 Å². The lowest BCUT2D eigenvalue weighted by Gasteiger charge is -2.22. The number of benzene rings is 2. The summed E-state index contributed by atoms with van der Waals surface area (Å²) in [6.45, 7) is 1.94. The van der Waals surface area contributed by atoms with Gasteiger partial charge in [0.2, 0.25) is 0 Å². The highest BCUT2D eigenvalue weighted by Crippen LogP contribution is 2.38. The SMILES string of the molecule is COc1cc(N2CCCC2)c(OC)cc1/C=C1/NC(=O)N(Cc2ccc(Cl)cc2Cl)C1=O. The molecule has 9 heteroatoms. The smallest absolute Gasteiger partial charge is 0.329 e. The Kier molecular flexibility index (Phi) is 6.48. The minimum Gasteiger partial charge on any atom is -0.496 e. The number of imide groups is 1. The Morgan fingerprint density at radius 1 is 1.03 bits per heavy atom. The molecule has 0 bridgehead atoms. The van der Waals surface area contributed by atoms with Gasteiger partial charge in [-0.25, -0.2) is 4.79 Å². The first-order valence-corrected chi connectivity index (χ1v) is 11.0. The largest absolute Gasteiger partial charge is 0.496 e. The summed E-state index contributed by atoms with van der Waals surface area (Å²) in [5.41, 5.74) is 2.34. The lowest BCUT2D eigenvalue weighted by Crippen LogP contribution is -2.30. The Bertz CT molecular complexity index is 1100. The third kappa shape index (κ3) is 4.36. The number of nitrogens with zero attached hydrogens (tertiary/aromatic N) is 2. The number of ether oxygens (including phenoxy) is 2. The fourth-order valence-electron chi connectivity index (χ4n) is 3.91. The number of amides is 3. The Balaban J connectivity index is 1.63. The summed E-state index contributed by atoms with van der Waals surface area (Å²) in [7, 11) is 3.18. The van der Waals surface area contributed by atoms with E-state index in [1.165, 1.54) is 0 Å². The van der Waals surface area contributed by atoms with E-state index in [2.05, 4.69) is 10.2 Å². The van der Waals surface area contributed by atoms with Gasteiger partial charge in [0.25, 0.3) is 5.91 Å². The Hall–Kier alpha value is -2.90. The molecule has 2 aliphatic heterocycles. The summed E-state index contributed by atoms with van der Waals surface area (Å²) in [6.07, 6.45) is 3.86. The number of hydrogen-bond donors (Lipinski definition) is 1. The lowest BCUT2D eigenvalue weighted by molar-refractivity contribution is -0.123. The van der Waals surface area contributed by atoms with E-state index in [0.717, 1.165) is 36.5 Å². The van der Waals surface area contributed by atoms with Gasteiger partial charge in [-0.3, -0.25) is 9.69 Å². The van der Waals surface area contributed by atoms with Crippen molar-refractivity contribution in [2.45, 2.75) is 19.4 Å². The van der Waals surface area contributed by atoms with Crippen molar-refractivity contribution in [2.75, 3.05) is 32.2 Å². The number of carbonyl (C=O) groups is 2. The minimum absolute atomic E-state index is 0.0341. The van der Waals surface area contributed by atoms with Crippen LogP contribution in [-0.2, 0) is 11.3 Å². The zero-order valence-corrected chi connectivity index (χ0v) is 19.3. The molecule has 0 radical (unpaired) electrons. The van der Waals surface area contributed by atoms with E-state index in [1.54, 1.807) is 38.5 Å². The van der Waals surface area contributed by atoms with E-state index in [1.807, 2.05) is 12.1 Å². The lowest BCUT2D eigenvalue weighted by atomic mass is 10.1. The van der Waals surface area contributed by atoms with Crippen LogP contribution in [0.2, 0.25) is 10.0 Å². The van der Waals surface area contributed by atoms with Gasteiger partial charge in [-0.2, -0.15) is 0 Å². The molecule has 4 rings (SSSR count).